The Morgan fingerprint density at radius 2 is 0.652 bits per heavy atom. The average molecular weight is 619 g/mol. The molecule has 0 saturated heterocycles. The molecule has 2 atom stereocenters. The lowest BCUT2D eigenvalue weighted by Crippen LogP contribution is -3.10. The van der Waals surface area contributed by atoms with Crippen LogP contribution in [0, 0.1) is 0 Å². The molecule has 0 spiro atoms. The summed E-state index contributed by atoms with van der Waals surface area (Å²) in [6, 6.07) is 48.9. The lowest BCUT2D eigenvalue weighted by atomic mass is 10.1. The molecule has 0 bridgehead atoms. The lowest BCUT2D eigenvalue weighted by molar-refractivity contribution is -0.930. The molecule has 5 aromatic rings. The van der Waals surface area contributed by atoms with Crippen LogP contribution in [0.3, 0.4) is 0 Å². The number of hydrogen-bond acceptors (Lipinski definition) is 4. The zero-order chi connectivity index (χ0) is 31.8. The summed E-state index contributed by atoms with van der Waals surface area (Å²) in [6.45, 7) is 4.82. The zero-order valence-electron chi connectivity index (χ0n) is 26.4. The van der Waals surface area contributed by atoms with Gasteiger partial charge in [-0.1, -0.05) is 121 Å². The van der Waals surface area contributed by atoms with Crippen LogP contribution in [-0.2, 0) is 26.2 Å². The third-order valence-corrected chi connectivity index (χ3v) is 7.94. The molecule has 0 aliphatic heterocycles. The highest BCUT2D eigenvalue weighted by molar-refractivity contribution is 5.31. The fourth-order valence-corrected chi connectivity index (χ4v) is 5.75. The minimum Gasteiger partial charge on any atom is -0.491 e. The highest BCUT2D eigenvalue weighted by Crippen LogP contribution is 2.18. The van der Waals surface area contributed by atoms with Crippen LogP contribution in [0.15, 0.2) is 146 Å². The molecule has 238 valence electrons. The fourth-order valence-electron chi connectivity index (χ4n) is 5.75. The van der Waals surface area contributed by atoms with Gasteiger partial charge in [0.25, 0.3) is 0 Å². The Bertz CT molecular complexity index is 1320. The average Bonchev–Trinajstić information content (AvgIpc) is 3.09. The van der Waals surface area contributed by atoms with Gasteiger partial charge in [-0.3, -0.25) is 0 Å². The molecule has 4 N–H and O–H groups in total. The van der Waals surface area contributed by atoms with E-state index in [9.17, 15) is 10.2 Å². The first-order valence-corrected chi connectivity index (χ1v) is 16.1. The van der Waals surface area contributed by atoms with E-state index in [0.717, 1.165) is 26.2 Å². The molecule has 0 amide bonds. The molecule has 0 aromatic heterocycles. The summed E-state index contributed by atoms with van der Waals surface area (Å²) in [5.41, 5.74) is 4.96. The van der Waals surface area contributed by atoms with Gasteiger partial charge in [0.05, 0.1) is 0 Å². The van der Waals surface area contributed by atoms with Crippen molar-refractivity contribution in [2.45, 2.75) is 38.4 Å². The first-order valence-electron chi connectivity index (χ1n) is 16.1. The molecule has 0 fully saturated rings. The Morgan fingerprint density at radius 1 is 0.391 bits per heavy atom. The molecule has 46 heavy (non-hydrogen) atoms. The van der Waals surface area contributed by atoms with Crippen molar-refractivity contribution in [2.75, 3.05) is 26.3 Å². The SMILES string of the molecule is OC(COc1ccc(OCC(O)C[NH+](Cc2ccccc2)Cc2ccccc2)cc1)C[NH+](Cc1ccccc1)Cc1ccccc1. The summed E-state index contributed by atoms with van der Waals surface area (Å²) in [7, 11) is 0. The summed E-state index contributed by atoms with van der Waals surface area (Å²) < 4.78 is 11.9. The van der Waals surface area contributed by atoms with E-state index in [1.165, 1.54) is 32.1 Å². The molecule has 0 heterocycles. The number of ether oxygens (including phenoxy) is 2. The predicted molar refractivity (Wildman–Crippen MR) is 182 cm³/mol. The van der Waals surface area contributed by atoms with E-state index in [-0.39, 0.29) is 13.2 Å². The van der Waals surface area contributed by atoms with Gasteiger partial charge in [-0.15, -0.1) is 0 Å². The Labute approximate surface area is 273 Å². The second kappa shape index (κ2) is 17.9. The standard InChI is InChI=1S/C40H44N2O4/c43-37(29-41(25-33-13-5-1-6-14-33)26-34-15-7-2-8-16-34)31-45-39-21-23-40(24-22-39)46-32-38(44)30-42(27-35-17-9-3-10-18-35)28-36-19-11-4-12-20-36/h1-24,37-38,43-44H,25-32H2/p+2. The number of benzene rings is 5. The van der Waals surface area contributed by atoms with Gasteiger partial charge in [0.2, 0.25) is 0 Å². The summed E-state index contributed by atoms with van der Waals surface area (Å²) in [5.74, 6) is 1.34. The van der Waals surface area contributed by atoms with Gasteiger partial charge in [-0.2, -0.15) is 0 Å². The number of rotatable bonds is 18. The van der Waals surface area contributed by atoms with Crippen molar-refractivity contribution in [3.63, 3.8) is 0 Å². The summed E-state index contributed by atoms with van der Waals surface area (Å²) in [5, 5.41) is 21.8. The molecule has 2 unspecified atom stereocenters. The first-order chi connectivity index (χ1) is 22.6. The van der Waals surface area contributed by atoms with Crippen LogP contribution in [-0.4, -0.2) is 48.7 Å². The fraction of sp³-hybridized carbons (Fsp3) is 0.250. The predicted octanol–water partition coefficient (Wildman–Crippen LogP) is 3.74. The molecule has 5 aromatic carbocycles. The smallest absolute Gasteiger partial charge is 0.137 e. The van der Waals surface area contributed by atoms with Crippen molar-refractivity contribution in [1.82, 2.24) is 0 Å². The van der Waals surface area contributed by atoms with Gasteiger partial charge in [-0.05, 0) is 24.3 Å². The van der Waals surface area contributed by atoms with Crippen molar-refractivity contribution < 1.29 is 29.5 Å². The first kappa shape index (κ1) is 32.9. The van der Waals surface area contributed by atoms with Crippen molar-refractivity contribution in [1.29, 1.82) is 0 Å². The van der Waals surface area contributed by atoms with Crippen molar-refractivity contribution >= 4 is 0 Å². The summed E-state index contributed by atoms with van der Waals surface area (Å²) in [4.78, 5) is 2.53. The minimum absolute atomic E-state index is 0.202. The van der Waals surface area contributed by atoms with Gasteiger partial charge in [0.15, 0.2) is 0 Å². The van der Waals surface area contributed by atoms with Crippen LogP contribution < -0.4 is 19.3 Å². The lowest BCUT2D eigenvalue weighted by Gasteiger charge is -2.23. The van der Waals surface area contributed by atoms with Crippen LogP contribution in [0.25, 0.3) is 0 Å². The van der Waals surface area contributed by atoms with Gasteiger partial charge in [0.1, 0.15) is 76.2 Å². The number of aliphatic hydroxyl groups excluding tert-OH is 2. The second-order valence-electron chi connectivity index (χ2n) is 12.0. The third-order valence-electron chi connectivity index (χ3n) is 7.94. The molecule has 6 nitrogen and oxygen atoms in total. The van der Waals surface area contributed by atoms with E-state index in [1.807, 2.05) is 48.5 Å². The van der Waals surface area contributed by atoms with Gasteiger partial charge in [-0.25, -0.2) is 0 Å². The molecule has 6 heteroatoms. The Balaban J connectivity index is 1.08. The largest absolute Gasteiger partial charge is 0.491 e. The zero-order valence-corrected chi connectivity index (χ0v) is 26.4. The van der Waals surface area contributed by atoms with Crippen molar-refractivity contribution in [2.24, 2.45) is 0 Å². The molecule has 5 rings (SSSR count). The van der Waals surface area contributed by atoms with Crippen molar-refractivity contribution in [3.8, 4) is 11.5 Å². The highest BCUT2D eigenvalue weighted by atomic mass is 16.5. The molecular formula is C40H46N2O4+2. The van der Waals surface area contributed by atoms with Gasteiger partial charge >= 0.3 is 0 Å². The molecule has 0 saturated carbocycles. The maximum Gasteiger partial charge on any atom is 0.137 e. The monoisotopic (exact) mass is 618 g/mol. The molecular weight excluding hydrogens is 572 g/mol. The van der Waals surface area contributed by atoms with E-state index in [0.29, 0.717) is 24.6 Å². The van der Waals surface area contributed by atoms with Crippen LogP contribution >= 0.6 is 0 Å². The number of nitrogens with one attached hydrogen (secondary N) is 2. The van der Waals surface area contributed by atoms with E-state index in [2.05, 4.69) is 97.1 Å². The quantitative estimate of drug-likeness (QED) is 0.121. The molecule has 0 aliphatic carbocycles. The summed E-state index contributed by atoms with van der Waals surface area (Å²) in [6.07, 6.45) is -1.24. The minimum atomic E-state index is -0.620. The van der Waals surface area contributed by atoms with Gasteiger partial charge < -0.3 is 29.5 Å². The summed E-state index contributed by atoms with van der Waals surface area (Å²) >= 11 is 0. The highest BCUT2D eigenvalue weighted by Gasteiger charge is 2.19. The maximum atomic E-state index is 10.9. The Morgan fingerprint density at radius 3 is 0.913 bits per heavy atom. The van der Waals surface area contributed by atoms with Crippen LogP contribution in [0.2, 0.25) is 0 Å². The van der Waals surface area contributed by atoms with Crippen molar-refractivity contribution in [3.05, 3.63) is 168 Å². The Kier molecular flexibility index (Phi) is 12.8. The van der Waals surface area contributed by atoms with E-state index in [4.69, 9.17) is 9.47 Å². The molecule has 0 radical (unpaired) electrons. The normalized spacial score (nSPS) is 12.6. The van der Waals surface area contributed by atoms with E-state index in [1.54, 1.807) is 0 Å². The van der Waals surface area contributed by atoms with Crippen LogP contribution in [0.1, 0.15) is 22.3 Å². The maximum absolute atomic E-state index is 10.9. The topological polar surface area (TPSA) is 67.8 Å². The van der Waals surface area contributed by atoms with Crippen LogP contribution in [0.5, 0.6) is 11.5 Å². The number of quaternary nitrogens is 2. The van der Waals surface area contributed by atoms with Gasteiger partial charge in [0, 0.05) is 22.3 Å². The molecule has 0 aliphatic rings. The second-order valence-corrected chi connectivity index (χ2v) is 12.0. The number of aliphatic hydroxyl groups is 2. The number of hydrogen-bond donors (Lipinski definition) is 4. The Hall–Kier alpha value is -4.46. The van der Waals surface area contributed by atoms with Crippen LogP contribution in [0.4, 0.5) is 0 Å². The third kappa shape index (κ3) is 11.5. The van der Waals surface area contributed by atoms with E-state index >= 15 is 0 Å². The van der Waals surface area contributed by atoms with E-state index < -0.39 is 12.2 Å².